The van der Waals surface area contributed by atoms with E-state index in [1.807, 2.05) is 11.0 Å². The fourth-order valence-electron chi connectivity index (χ4n) is 3.29. The van der Waals surface area contributed by atoms with Crippen LogP contribution >= 0.6 is 0 Å². The molecule has 6 nitrogen and oxygen atoms in total. The van der Waals surface area contributed by atoms with Gasteiger partial charge < -0.3 is 10.2 Å². The first-order valence-electron chi connectivity index (χ1n) is 9.34. The summed E-state index contributed by atoms with van der Waals surface area (Å²) in [5.41, 5.74) is 0.792. The van der Waals surface area contributed by atoms with Crippen molar-refractivity contribution < 1.29 is 22.0 Å². The zero-order chi connectivity index (χ0) is 21.0. The molecule has 2 N–H and O–H groups in total. The van der Waals surface area contributed by atoms with Gasteiger partial charge in [0, 0.05) is 24.8 Å². The second-order valence-electron chi connectivity index (χ2n) is 7.02. The van der Waals surface area contributed by atoms with Crippen LogP contribution in [0.2, 0.25) is 0 Å². The van der Waals surface area contributed by atoms with Crippen molar-refractivity contribution >= 4 is 21.6 Å². The highest BCUT2D eigenvalue weighted by Gasteiger charge is 2.27. The van der Waals surface area contributed by atoms with Crippen LogP contribution in [-0.2, 0) is 14.8 Å². The largest absolute Gasteiger partial charge is 0.371 e. The van der Waals surface area contributed by atoms with Crippen LogP contribution in [0.4, 0.5) is 14.5 Å². The number of piperidine rings is 1. The fraction of sp³-hybridized carbons (Fsp3) is 0.350. The highest BCUT2D eigenvalue weighted by atomic mass is 32.2. The Morgan fingerprint density at radius 3 is 2.45 bits per heavy atom. The minimum Gasteiger partial charge on any atom is -0.371 e. The van der Waals surface area contributed by atoms with E-state index in [9.17, 15) is 22.0 Å². The molecule has 3 rings (SSSR count). The molecule has 0 aromatic heterocycles. The van der Waals surface area contributed by atoms with Crippen LogP contribution in [0.1, 0.15) is 19.8 Å². The fourth-order valence-corrected chi connectivity index (χ4v) is 4.58. The average Bonchev–Trinajstić information content (AvgIpc) is 2.68. The molecular formula is C20H23F2N3O3S. The molecule has 1 aliphatic rings. The van der Waals surface area contributed by atoms with Gasteiger partial charge in [-0.25, -0.2) is 17.2 Å². The normalized spacial score (nSPS) is 16.4. The molecule has 1 aliphatic heterocycles. The molecular weight excluding hydrogens is 400 g/mol. The summed E-state index contributed by atoms with van der Waals surface area (Å²) in [7, 11) is -4.15. The van der Waals surface area contributed by atoms with E-state index in [0.29, 0.717) is 25.9 Å². The first-order valence-corrected chi connectivity index (χ1v) is 10.8. The highest BCUT2D eigenvalue weighted by Crippen LogP contribution is 2.21. The predicted molar refractivity (Wildman–Crippen MR) is 106 cm³/mol. The maximum Gasteiger partial charge on any atom is 0.244 e. The Morgan fingerprint density at radius 1 is 1.10 bits per heavy atom. The van der Waals surface area contributed by atoms with Gasteiger partial charge in [0.1, 0.15) is 16.5 Å². The third kappa shape index (κ3) is 5.30. The Kier molecular flexibility index (Phi) is 6.49. The molecule has 1 saturated heterocycles. The molecule has 9 heteroatoms. The zero-order valence-electron chi connectivity index (χ0n) is 15.9. The monoisotopic (exact) mass is 423 g/mol. The summed E-state index contributed by atoms with van der Waals surface area (Å²) in [6, 6.07) is 10.2. The van der Waals surface area contributed by atoms with Gasteiger partial charge in [0.2, 0.25) is 15.9 Å². The molecule has 29 heavy (non-hydrogen) atoms. The Balaban J connectivity index is 1.53. The number of hydrogen-bond acceptors (Lipinski definition) is 4. The van der Waals surface area contributed by atoms with Crippen molar-refractivity contribution in [3.05, 3.63) is 60.2 Å². The van der Waals surface area contributed by atoms with Gasteiger partial charge in [0.05, 0.1) is 6.04 Å². The van der Waals surface area contributed by atoms with Gasteiger partial charge in [-0.2, -0.15) is 4.72 Å². The van der Waals surface area contributed by atoms with Crippen LogP contribution in [0.5, 0.6) is 0 Å². The molecule has 1 heterocycles. The third-order valence-corrected chi connectivity index (χ3v) is 6.44. The molecule has 2 aromatic rings. The van der Waals surface area contributed by atoms with E-state index >= 15 is 0 Å². The summed E-state index contributed by atoms with van der Waals surface area (Å²) in [6.07, 6.45) is 1.30. The standard InChI is InChI=1S/C20H23F2N3O3S/c1-14(24-29(27,28)19-8-3-2-7-18(19)22)20(26)23-16-9-11-25(12-10-16)17-6-4-5-15(21)13-17/h2-8,13-14,16,24H,9-12H2,1H3,(H,23,26)/t14-/m0/s1. The van der Waals surface area contributed by atoms with Crippen molar-refractivity contribution in [2.24, 2.45) is 0 Å². The predicted octanol–water partition coefficient (Wildman–Crippen LogP) is 2.42. The SMILES string of the molecule is C[C@H](NS(=O)(=O)c1ccccc1F)C(=O)NC1CCN(c2cccc(F)c2)CC1. The number of rotatable bonds is 6. The summed E-state index contributed by atoms with van der Waals surface area (Å²) < 4.78 is 54.0. The second kappa shape index (κ2) is 8.87. The van der Waals surface area contributed by atoms with E-state index in [4.69, 9.17) is 0 Å². The van der Waals surface area contributed by atoms with Crippen LogP contribution in [-0.4, -0.2) is 39.5 Å². The zero-order valence-corrected chi connectivity index (χ0v) is 16.8. The Morgan fingerprint density at radius 2 is 1.79 bits per heavy atom. The van der Waals surface area contributed by atoms with Crippen LogP contribution in [0.25, 0.3) is 0 Å². The Labute approximate surface area is 169 Å². The average molecular weight is 423 g/mol. The number of amides is 1. The number of anilines is 1. The molecule has 1 atom stereocenters. The van der Waals surface area contributed by atoms with Crippen LogP contribution < -0.4 is 14.9 Å². The van der Waals surface area contributed by atoms with Crippen LogP contribution in [0, 0.1) is 11.6 Å². The van der Waals surface area contributed by atoms with Crippen molar-refractivity contribution in [3.63, 3.8) is 0 Å². The first kappa shape index (κ1) is 21.2. The second-order valence-corrected chi connectivity index (χ2v) is 8.71. The molecule has 0 aliphatic carbocycles. The number of benzene rings is 2. The summed E-state index contributed by atoms with van der Waals surface area (Å²) >= 11 is 0. The van der Waals surface area contributed by atoms with Gasteiger partial charge in [-0.15, -0.1) is 0 Å². The third-order valence-electron chi connectivity index (χ3n) is 4.87. The summed E-state index contributed by atoms with van der Waals surface area (Å²) in [6.45, 7) is 2.70. The summed E-state index contributed by atoms with van der Waals surface area (Å²) in [5, 5.41) is 2.83. The van der Waals surface area contributed by atoms with Crippen molar-refractivity contribution in [1.29, 1.82) is 0 Å². The van der Waals surface area contributed by atoms with E-state index in [0.717, 1.165) is 17.8 Å². The maximum absolute atomic E-state index is 13.8. The number of sulfonamides is 1. The minimum atomic E-state index is -4.15. The van der Waals surface area contributed by atoms with Gasteiger partial charge in [-0.05, 0) is 50.1 Å². The number of carbonyl (C=O) groups is 1. The molecule has 0 radical (unpaired) electrons. The molecule has 156 valence electrons. The van der Waals surface area contributed by atoms with Crippen LogP contribution in [0.15, 0.2) is 53.4 Å². The lowest BCUT2D eigenvalue weighted by Crippen LogP contribution is -2.51. The molecule has 0 unspecified atom stereocenters. The van der Waals surface area contributed by atoms with Crippen molar-refractivity contribution in [2.75, 3.05) is 18.0 Å². The van der Waals surface area contributed by atoms with Gasteiger partial charge in [0.25, 0.3) is 0 Å². The summed E-state index contributed by atoms with van der Waals surface area (Å²) in [5.74, 6) is -1.65. The van der Waals surface area contributed by atoms with Gasteiger partial charge in [-0.1, -0.05) is 18.2 Å². The number of nitrogens with one attached hydrogen (secondary N) is 2. The lowest BCUT2D eigenvalue weighted by molar-refractivity contribution is -0.123. The molecule has 0 spiro atoms. The lowest BCUT2D eigenvalue weighted by Gasteiger charge is -2.34. The van der Waals surface area contributed by atoms with Gasteiger partial charge >= 0.3 is 0 Å². The Hall–Kier alpha value is -2.52. The van der Waals surface area contributed by atoms with E-state index in [-0.39, 0.29) is 11.9 Å². The van der Waals surface area contributed by atoms with E-state index in [1.54, 1.807) is 6.07 Å². The lowest BCUT2D eigenvalue weighted by atomic mass is 10.0. The summed E-state index contributed by atoms with van der Waals surface area (Å²) in [4.78, 5) is 13.9. The van der Waals surface area contributed by atoms with E-state index < -0.39 is 32.7 Å². The maximum atomic E-state index is 13.8. The molecule has 0 bridgehead atoms. The quantitative estimate of drug-likeness (QED) is 0.748. The van der Waals surface area contributed by atoms with Crippen molar-refractivity contribution in [1.82, 2.24) is 10.0 Å². The number of nitrogens with zero attached hydrogens (tertiary/aromatic N) is 1. The van der Waals surface area contributed by atoms with Crippen molar-refractivity contribution in [2.45, 2.75) is 36.7 Å². The van der Waals surface area contributed by atoms with Crippen molar-refractivity contribution in [3.8, 4) is 0 Å². The smallest absolute Gasteiger partial charge is 0.244 e. The molecule has 2 aromatic carbocycles. The van der Waals surface area contributed by atoms with Crippen LogP contribution in [0.3, 0.4) is 0 Å². The number of carbonyl (C=O) groups excluding carboxylic acids is 1. The number of halogens is 2. The molecule has 0 saturated carbocycles. The minimum absolute atomic E-state index is 0.118. The highest BCUT2D eigenvalue weighted by molar-refractivity contribution is 7.89. The van der Waals surface area contributed by atoms with E-state index in [1.165, 1.54) is 31.2 Å². The molecule has 1 fully saturated rings. The first-order chi connectivity index (χ1) is 13.8. The van der Waals surface area contributed by atoms with Gasteiger partial charge in [0.15, 0.2) is 0 Å². The van der Waals surface area contributed by atoms with E-state index in [2.05, 4.69) is 10.0 Å². The molecule has 1 amide bonds. The Bertz CT molecular complexity index is 976. The topological polar surface area (TPSA) is 78.5 Å². The number of hydrogen-bond donors (Lipinski definition) is 2. The van der Waals surface area contributed by atoms with Gasteiger partial charge in [-0.3, -0.25) is 4.79 Å².